The Hall–Kier alpha value is -0.570. The number of hydrogen-bond acceptors (Lipinski definition) is 2. The maximum atomic E-state index is 10.4. The predicted molar refractivity (Wildman–Crippen MR) is 70.2 cm³/mol. The molecule has 1 heterocycles. The van der Waals surface area contributed by atoms with Crippen LogP contribution in [0, 0.1) is 5.41 Å². The fourth-order valence-electron chi connectivity index (χ4n) is 2.46. The van der Waals surface area contributed by atoms with E-state index in [1.807, 2.05) is 0 Å². The Bertz CT molecular complexity index is 232. The number of hydrogen-bond donors (Lipinski definition) is 1. The summed E-state index contributed by atoms with van der Waals surface area (Å²) in [6.45, 7) is 8.30. The number of rotatable bonds is 7. The zero-order chi connectivity index (χ0) is 12.7. The Labute approximate surface area is 105 Å². The van der Waals surface area contributed by atoms with Gasteiger partial charge in [0.2, 0.25) is 0 Å². The molecule has 0 aromatic carbocycles. The van der Waals surface area contributed by atoms with Crippen molar-refractivity contribution in [3.63, 3.8) is 0 Å². The quantitative estimate of drug-likeness (QED) is 0.696. The van der Waals surface area contributed by atoms with Gasteiger partial charge in [0, 0.05) is 6.42 Å². The van der Waals surface area contributed by atoms with Gasteiger partial charge < -0.3 is 10.0 Å². The Morgan fingerprint density at radius 1 is 1.24 bits per heavy atom. The lowest BCUT2D eigenvalue weighted by atomic mass is 9.78. The van der Waals surface area contributed by atoms with Crippen molar-refractivity contribution in [1.82, 2.24) is 4.90 Å². The predicted octanol–water partition coefficient (Wildman–Crippen LogP) is 3.14. The maximum Gasteiger partial charge on any atom is 0.303 e. The summed E-state index contributed by atoms with van der Waals surface area (Å²) in [6.07, 6.45) is 7.28. The average Bonchev–Trinajstić information content (AvgIpc) is 2.31. The highest BCUT2D eigenvalue weighted by Crippen LogP contribution is 2.33. The molecule has 3 nitrogen and oxygen atoms in total. The summed E-state index contributed by atoms with van der Waals surface area (Å²) in [5.41, 5.74) is 0.569. The van der Waals surface area contributed by atoms with E-state index in [0.717, 1.165) is 25.8 Å². The molecule has 0 spiro atoms. The minimum absolute atomic E-state index is 0.327. The molecule has 0 unspecified atom stereocenters. The van der Waals surface area contributed by atoms with Crippen LogP contribution in [-0.4, -0.2) is 35.6 Å². The zero-order valence-corrected chi connectivity index (χ0v) is 11.4. The molecule has 3 heteroatoms. The molecule has 0 bridgehead atoms. The van der Waals surface area contributed by atoms with Crippen LogP contribution in [0.1, 0.15) is 58.8 Å². The molecule has 17 heavy (non-hydrogen) atoms. The van der Waals surface area contributed by atoms with Gasteiger partial charge in [0.25, 0.3) is 0 Å². The van der Waals surface area contributed by atoms with E-state index in [-0.39, 0.29) is 0 Å². The number of piperidine rings is 1. The molecule has 0 radical (unpaired) electrons. The molecule has 1 rings (SSSR count). The number of likely N-dealkylation sites (tertiary alicyclic amines) is 1. The van der Waals surface area contributed by atoms with Gasteiger partial charge in [-0.2, -0.15) is 0 Å². The first-order chi connectivity index (χ1) is 8.06. The number of nitrogens with zero attached hydrogens (tertiary/aromatic N) is 1. The van der Waals surface area contributed by atoms with Crippen molar-refractivity contribution in [3.8, 4) is 0 Å². The molecular formula is C14H27NO2. The second-order valence-electron chi connectivity index (χ2n) is 5.71. The van der Waals surface area contributed by atoms with Crippen LogP contribution in [0.25, 0.3) is 0 Å². The standard InChI is InChI=1S/C14H27NO2/c1-3-14(2)8-11-15(12-9-14)10-6-4-5-7-13(16)17/h3-12H2,1-2H3,(H,16,17). The van der Waals surface area contributed by atoms with Crippen LogP contribution in [-0.2, 0) is 4.79 Å². The molecule has 0 saturated carbocycles. The maximum absolute atomic E-state index is 10.4. The molecule has 0 amide bonds. The van der Waals surface area contributed by atoms with E-state index in [2.05, 4.69) is 18.7 Å². The highest BCUT2D eigenvalue weighted by atomic mass is 16.4. The lowest BCUT2D eigenvalue weighted by molar-refractivity contribution is -0.137. The summed E-state index contributed by atoms with van der Waals surface area (Å²) in [6, 6.07) is 0. The number of unbranched alkanes of at least 4 members (excludes halogenated alkanes) is 2. The molecule has 0 aliphatic carbocycles. The van der Waals surface area contributed by atoms with Gasteiger partial charge in [-0.3, -0.25) is 4.79 Å². The van der Waals surface area contributed by atoms with E-state index in [4.69, 9.17) is 5.11 Å². The van der Waals surface area contributed by atoms with Crippen molar-refractivity contribution >= 4 is 5.97 Å². The van der Waals surface area contributed by atoms with Gasteiger partial charge in [0.1, 0.15) is 0 Å². The molecule has 0 aromatic rings. The Kier molecular flexibility index (Phi) is 5.96. The van der Waals surface area contributed by atoms with Crippen molar-refractivity contribution in [2.45, 2.75) is 58.8 Å². The summed E-state index contributed by atoms with van der Waals surface area (Å²) >= 11 is 0. The second-order valence-corrected chi connectivity index (χ2v) is 5.71. The van der Waals surface area contributed by atoms with Crippen LogP contribution in [0.4, 0.5) is 0 Å². The molecular weight excluding hydrogens is 214 g/mol. The van der Waals surface area contributed by atoms with Crippen LogP contribution in [0.2, 0.25) is 0 Å². The van der Waals surface area contributed by atoms with Gasteiger partial charge in [-0.05, 0) is 50.7 Å². The summed E-state index contributed by atoms with van der Waals surface area (Å²) in [4.78, 5) is 12.9. The van der Waals surface area contributed by atoms with Gasteiger partial charge in [0.15, 0.2) is 0 Å². The molecule has 1 N–H and O–H groups in total. The highest BCUT2D eigenvalue weighted by molar-refractivity contribution is 5.66. The van der Waals surface area contributed by atoms with Crippen LogP contribution in [0.5, 0.6) is 0 Å². The average molecular weight is 241 g/mol. The molecule has 0 atom stereocenters. The highest BCUT2D eigenvalue weighted by Gasteiger charge is 2.27. The van der Waals surface area contributed by atoms with Crippen molar-refractivity contribution in [3.05, 3.63) is 0 Å². The van der Waals surface area contributed by atoms with E-state index in [1.165, 1.54) is 32.4 Å². The van der Waals surface area contributed by atoms with Crippen LogP contribution in [0.3, 0.4) is 0 Å². The fraction of sp³-hybridized carbons (Fsp3) is 0.929. The van der Waals surface area contributed by atoms with E-state index >= 15 is 0 Å². The Balaban J connectivity index is 2.04. The lowest BCUT2D eigenvalue weighted by Crippen LogP contribution is -2.38. The summed E-state index contributed by atoms with van der Waals surface area (Å²) in [5.74, 6) is -0.665. The minimum Gasteiger partial charge on any atom is -0.481 e. The molecule has 1 aliphatic heterocycles. The molecule has 1 aliphatic rings. The fourth-order valence-corrected chi connectivity index (χ4v) is 2.46. The minimum atomic E-state index is -0.665. The van der Waals surface area contributed by atoms with Crippen molar-refractivity contribution in [2.75, 3.05) is 19.6 Å². The van der Waals surface area contributed by atoms with E-state index in [0.29, 0.717) is 11.8 Å². The number of carboxylic acid groups (broad SMARTS) is 1. The first-order valence-corrected chi connectivity index (χ1v) is 7.00. The molecule has 0 aromatic heterocycles. The van der Waals surface area contributed by atoms with Gasteiger partial charge in [-0.15, -0.1) is 0 Å². The number of aliphatic carboxylic acids is 1. The topological polar surface area (TPSA) is 40.5 Å². The molecule has 100 valence electrons. The Morgan fingerprint density at radius 3 is 2.41 bits per heavy atom. The largest absolute Gasteiger partial charge is 0.481 e. The number of carbonyl (C=O) groups is 1. The van der Waals surface area contributed by atoms with Gasteiger partial charge >= 0.3 is 5.97 Å². The van der Waals surface area contributed by atoms with E-state index < -0.39 is 5.97 Å². The number of carboxylic acids is 1. The van der Waals surface area contributed by atoms with E-state index in [9.17, 15) is 4.79 Å². The van der Waals surface area contributed by atoms with E-state index in [1.54, 1.807) is 0 Å². The zero-order valence-electron chi connectivity index (χ0n) is 11.4. The third-order valence-electron chi connectivity index (χ3n) is 4.28. The van der Waals surface area contributed by atoms with Crippen molar-refractivity contribution < 1.29 is 9.90 Å². The van der Waals surface area contributed by atoms with Gasteiger partial charge in [0.05, 0.1) is 0 Å². The van der Waals surface area contributed by atoms with Gasteiger partial charge in [-0.25, -0.2) is 0 Å². The third-order valence-corrected chi connectivity index (χ3v) is 4.28. The second kappa shape index (κ2) is 7.00. The smallest absolute Gasteiger partial charge is 0.303 e. The third kappa shape index (κ3) is 5.53. The Morgan fingerprint density at radius 2 is 1.88 bits per heavy atom. The lowest BCUT2D eigenvalue weighted by Gasteiger charge is -2.39. The van der Waals surface area contributed by atoms with Crippen LogP contribution < -0.4 is 0 Å². The first-order valence-electron chi connectivity index (χ1n) is 7.00. The van der Waals surface area contributed by atoms with Crippen molar-refractivity contribution in [1.29, 1.82) is 0 Å². The van der Waals surface area contributed by atoms with Crippen LogP contribution >= 0.6 is 0 Å². The monoisotopic (exact) mass is 241 g/mol. The summed E-state index contributed by atoms with van der Waals surface area (Å²) in [7, 11) is 0. The summed E-state index contributed by atoms with van der Waals surface area (Å²) < 4.78 is 0. The van der Waals surface area contributed by atoms with Crippen molar-refractivity contribution in [2.24, 2.45) is 5.41 Å². The normalized spacial score (nSPS) is 20.4. The van der Waals surface area contributed by atoms with Crippen LogP contribution in [0.15, 0.2) is 0 Å². The van der Waals surface area contributed by atoms with Gasteiger partial charge in [-0.1, -0.05) is 26.7 Å². The molecule has 1 fully saturated rings. The summed E-state index contributed by atoms with van der Waals surface area (Å²) in [5, 5.41) is 8.54. The molecule has 1 saturated heterocycles. The first kappa shape index (κ1) is 14.5. The SMILES string of the molecule is CCC1(C)CCN(CCCCCC(=O)O)CC1.